The molecule has 0 heterocycles. The third-order valence-corrected chi connectivity index (χ3v) is 14.2. The largest absolute Gasteiger partial charge is 0.485 e. The van der Waals surface area contributed by atoms with Crippen molar-refractivity contribution in [2.45, 2.75) is 263 Å². The maximum Gasteiger partial charge on any atom is 0.472 e. The summed E-state index contributed by atoms with van der Waals surface area (Å²) in [5.41, 5.74) is 0.995. The Morgan fingerprint density at radius 2 is 1.08 bits per heavy atom. The van der Waals surface area contributed by atoms with E-state index in [1.165, 1.54) is 154 Å². The van der Waals surface area contributed by atoms with Gasteiger partial charge in [-0.3, -0.25) is 23.4 Å². The number of phosphoric ester groups is 1. The molecule has 4 unspecified atom stereocenters. The van der Waals surface area contributed by atoms with Crippen molar-refractivity contribution >= 4 is 32.0 Å². The molecule has 4 atom stereocenters. The number of carbonyl (C=O) groups is 4. The van der Waals surface area contributed by atoms with Crippen molar-refractivity contribution in [2.75, 3.05) is 53.2 Å². The summed E-state index contributed by atoms with van der Waals surface area (Å²) in [6.07, 6.45) is 37.3. The number of amides is 1. The fourth-order valence-corrected chi connectivity index (χ4v) is 9.22. The highest BCUT2D eigenvalue weighted by molar-refractivity contribution is 7.47. The second-order valence-corrected chi connectivity index (χ2v) is 21.7. The number of aliphatic hydroxyl groups is 3. The number of carbonyl (C=O) groups excluding carboxylic acids is 4. The average Bonchev–Trinajstić information content (AvgIpc) is 3.41. The van der Waals surface area contributed by atoms with Gasteiger partial charge < -0.3 is 49.9 Å². The molecule has 444 valence electrons. The van der Waals surface area contributed by atoms with Gasteiger partial charge in [-0.1, -0.05) is 206 Å². The molecule has 0 aliphatic heterocycles. The minimum absolute atomic E-state index is 0.0117. The summed E-state index contributed by atoms with van der Waals surface area (Å²) in [5.74, 6) is -0.434. The van der Waals surface area contributed by atoms with Gasteiger partial charge in [0, 0.05) is 51.8 Å². The first-order valence-corrected chi connectivity index (χ1v) is 31.4. The molecule has 0 spiro atoms. The van der Waals surface area contributed by atoms with Gasteiger partial charge in [-0.25, -0.2) is 4.57 Å². The predicted molar refractivity (Wildman–Crippen MR) is 303 cm³/mol. The summed E-state index contributed by atoms with van der Waals surface area (Å²) in [5, 5.41) is 33.4. The molecule has 1 aromatic rings. The van der Waals surface area contributed by atoms with E-state index in [1.54, 1.807) is 19.2 Å². The Hall–Kier alpha value is -2.95. The van der Waals surface area contributed by atoms with E-state index in [0.717, 1.165) is 50.4 Å². The van der Waals surface area contributed by atoms with Gasteiger partial charge in [-0.2, -0.15) is 0 Å². The van der Waals surface area contributed by atoms with Crippen molar-refractivity contribution in [3.8, 4) is 5.75 Å². The average molecular weight is 1100 g/mol. The fourth-order valence-electron chi connectivity index (χ4n) is 8.47. The summed E-state index contributed by atoms with van der Waals surface area (Å²) >= 11 is 0. The molecular formula is C59H109N2O14P. The molecule has 0 aliphatic carbocycles. The topological polar surface area (TPSA) is 236 Å². The lowest BCUT2D eigenvalue weighted by Gasteiger charge is -2.22. The number of phosphoric acid groups is 1. The van der Waals surface area contributed by atoms with Gasteiger partial charge in [-0.05, 0) is 44.0 Å². The Labute approximate surface area is 460 Å². The van der Waals surface area contributed by atoms with E-state index in [2.05, 4.69) is 24.5 Å². The van der Waals surface area contributed by atoms with Crippen molar-refractivity contribution in [1.82, 2.24) is 10.6 Å². The molecule has 0 saturated heterocycles. The quantitative estimate of drug-likeness (QED) is 0.0154. The number of benzene rings is 1. The highest BCUT2D eigenvalue weighted by atomic mass is 31.2. The maximum atomic E-state index is 12.6. The Morgan fingerprint density at radius 3 is 1.51 bits per heavy atom. The first kappa shape index (κ1) is 73.0. The van der Waals surface area contributed by atoms with Crippen LogP contribution in [0.1, 0.15) is 244 Å². The van der Waals surface area contributed by atoms with Crippen molar-refractivity contribution in [1.29, 1.82) is 0 Å². The minimum atomic E-state index is -4.34. The molecule has 1 rings (SSSR count). The number of likely N-dealkylation sites (N-methyl/N-ethyl adjacent to an activating group) is 1. The van der Waals surface area contributed by atoms with Crippen LogP contribution in [0.4, 0.5) is 0 Å². The number of rotatable bonds is 54. The Balaban J connectivity index is 0.00000194. The first-order valence-electron chi connectivity index (χ1n) is 29.9. The molecule has 16 nitrogen and oxygen atoms in total. The number of nitrogens with one attached hydrogen (secondary N) is 2. The lowest BCUT2D eigenvalue weighted by atomic mass is 10.0. The van der Waals surface area contributed by atoms with Crippen LogP contribution >= 0.6 is 7.82 Å². The SMILES string of the molecule is CCCCCCCCCCCCCCCCCC(=O)OCC(COP(=O)(O)OCCNC)OC(=O)CCCCCCCCCCCCCCCCC.O=CCCC(=O)NCCc1ccc(OC(CO)C(O)CCO)cc1. The molecule has 0 saturated carbocycles. The van der Waals surface area contributed by atoms with Crippen LogP contribution in [0.3, 0.4) is 0 Å². The van der Waals surface area contributed by atoms with E-state index in [0.29, 0.717) is 31.7 Å². The highest BCUT2D eigenvalue weighted by Gasteiger charge is 2.26. The van der Waals surface area contributed by atoms with E-state index < -0.39 is 38.7 Å². The van der Waals surface area contributed by atoms with Crippen LogP contribution in [0.5, 0.6) is 5.75 Å². The zero-order valence-corrected chi connectivity index (χ0v) is 48.7. The van der Waals surface area contributed by atoms with Crippen molar-refractivity contribution in [3.05, 3.63) is 29.8 Å². The molecule has 0 fully saturated rings. The molecule has 76 heavy (non-hydrogen) atoms. The number of aliphatic hydroxyl groups excluding tert-OH is 3. The zero-order valence-electron chi connectivity index (χ0n) is 47.8. The first-order chi connectivity index (χ1) is 36.9. The Bertz CT molecular complexity index is 1540. The van der Waals surface area contributed by atoms with Gasteiger partial charge >= 0.3 is 19.8 Å². The molecule has 0 aliphatic rings. The van der Waals surface area contributed by atoms with Crippen LogP contribution in [-0.4, -0.2) is 116 Å². The Morgan fingerprint density at radius 1 is 0.618 bits per heavy atom. The van der Waals surface area contributed by atoms with Crippen LogP contribution in [0.25, 0.3) is 0 Å². The number of aldehydes is 1. The molecule has 6 N–H and O–H groups in total. The lowest BCUT2D eigenvalue weighted by Crippen LogP contribution is -2.35. The zero-order chi connectivity index (χ0) is 56.0. The van der Waals surface area contributed by atoms with Crippen LogP contribution in [0, 0.1) is 0 Å². The Kier molecular flexibility index (Phi) is 51.9. The molecule has 0 radical (unpaired) electrons. The van der Waals surface area contributed by atoms with E-state index in [1.807, 2.05) is 12.1 Å². The normalized spacial score (nSPS) is 13.2. The smallest absolute Gasteiger partial charge is 0.472 e. The van der Waals surface area contributed by atoms with Crippen LogP contribution < -0.4 is 15.4 Å². The number of hydrogen-bond donors (Lipinski definition) is 6. The number of esters is 2. The molecule has 0 aromatic heterocycles. The third-order valence-electron chi connectivity index (χ3n) is 13.2. The second-order valence-electron chi connectivity index (χ2n) is 20.3. The fraction of sp³-hybridized carbons (Fsp3) is 0.831. The molecule has 1 amide bonds. The van der Waals surface area contributed by atoms with Gasteiger partial charge in [0.25, 0.3) is 0 Å². The van der Waals surface area contributed by atoms with Gasteiger partial charge in [0.15, 0.2) is 6.10 Å². The van der Waals surface area contributed by atoms with Crippen LogP contribution in [0.15, 0.2) is 24.3 Å². The van der Waals surface area contributed by atoms with Gasteiger partial charge in [0.2, 0.25) is 5.91 Å². The van der Waals surface area contributed by atoms with Crippen molar-refractivity contribution in [2.24, 2.45) is 0 Å². The van der Waals surface area contributed by atoms with Gasteiger partial charge in [0.05, 0.1) is 25.9 Å². The summed E-state index contributed by atoms with van der Waals surface area (Å²) in [7, 11) is -2.64. The van der Waals surface area contributed by atoms with E-state index in [9.17, 15) is 38.8 Å². The van der Waals surface area contributed by atoms with E-state index in [4.69, 9.17) is 28.4 Å². The second kappa shape index (κ2) is 54.0. The predicted octanol–water partition coefficient (Wildman–Crippen LogP) is 12.1. The van der Waals surface area contributed by atoms with Crippen molar-refractivity contribution in [3.63, 3.8) is 0 Å². The number of unbranched alkanes of at least 4 members (excludes halogenated alkanes) is 28. The van der Waals surface area contributed by atoms with Crippen molar-refractivity contribution < 1.29 is 67.2 Å². The summed E-state index contributed by atoms with van der Waals surface area (Å²) < 4.78 is 38.7. The minimum Gasteiger partial charge on any atom is -0.485 e. The van der Waals surface area contributed by atoms with E-state index in [-0.39, 0.29) is 64.0 Å². The molecule has 17 heteroatoms. The van der Waals surface area contributed by atoms with Crippen LogP contribution in [0.2, 0.25) is 0 Å². The van der Waals surface area contributed by atoms with Gasteiger partial charge in [-0.15, -0.1) is 0 Å². The number of ether oxygens (including phenoxy) is 3. The lowest BCUT2D eigenvalue weighted by molar-refractivity contribution is -0.161. The summed E-state index contributed by atoms with van der Waals surface area (Å²) in [4.78, 5) is 56.6. The maximum absolute atomic E-state index is 12.6. The van der Waals surface area contributed by atoms with Crippen LogP contribution in [-0.2, 0) is 48.7 Å². The van der Waals surface area contributed by atoms with Gasteiger partial charge in [0.1, 0.15) is 24.7 Å². The number of hydrogen-bond acceptors (Lipinski definition) is 14. The molecule has 1 aromatic carbocycles. The highest BCUT2D eigenvalue weighted by Crippen LogP contribution is 2.43. The third kappa shape index (κ3) is 48.2. The monoisotopic (exact) mass is 1100 g/mol. The summed E-state index contributed by atoms with van der Waals surface area (Å²) in [6.45, 7) is 4.21. The van der Waals surface area contributed by atoms with E-state index >= 15 is 0 Å². The molecular weight excluding hydrogens is 992 g/mol. The standard InChI is InChI=1S/C42H84NO8P.C17H25NO6/c1-4-6-8-10-12-14-16-18-20-22-24-26-28-30-32-34-41(44)48-38-40(39-50-52(46,47)49-37-36-43-3)51-42(45)35-33-31-29-27-25-23-21-19-17-15-13-11-9-7-5-2;19-10-1-2-17(23)18-9-7-13-3-5-14(6-4-13)24-16(12-21)15(22)8-11-20/h40,43H,4-39H2,1-3H3,(H,46,47);3-6,10,15-16,20-22H,1-2,7-9,11-12H2,(H,18,23). The molecule has 0 bridgehead atoms. The summed E-state index contributed by atoms with van der Waals surface area (Å²) in [6, 6.07) is 7.11.